The summed E-state index contributed by atoms with van der Waals surface area (Å²) in [6.07, 6.45) is 1.37. The highest BCUT2D eigenvalue weighted by Crippen LogP contribution is 2.16. The van der Waals surface area contributed by atoms with E-state index in [9.17, 15) is 23.2 Å². The Morgan fingerprint density at radius 2 is 1.78 bits per heavy atom. The number of carbonyl (C=O) groups is 3. The molecule has 1 unspecified atom stereocenters. The monoisotopic (exact) mass is 443 g/mol. The number of amides is 3. The zero-order valence-electron chi connectivity index (χ0n) is 17.9. The Labute approximate surface area is 186 Å². The molecular weight excluding hydrogens is 416 g/mol. The molecule has 0 aliphatic carbocycles. The third-order valence-electron chi connectivity index (χ3n) is 5.37. The number of benzene rings is 2. The molecule has 2 atom stereocenters. The molecule has 1 aliphatic heterocycles. The normalized spacial score (nSPS) is 17.4. The van der Waals surface area contributed by atoms with E-state index in [1.165, 1.54) is 6.92 Å². The fraction of sp³-hybridized carbons (Fsp3) is 0.375. The molecule has 32 heavy (non-hydrogen) atoms. The summed E-state index contributed by atoms with van der Waals surface area (Å²) in [6, 6.07) is 11.5. The van der Waals surface area contributed by atoms with E-state index in [2.05, 4.69) is 10.6 Å². The number of nitrogens with one attached hydrogen (secondary N) is 2. The van der Waals surface area contributed by atoms with Gasteiger partial charge in [-0.15, -0.1) is 0 Å². The van der Waals surface area contributed by atoms with Crippen LogP contribution < -0.4 is 10.6 Å². The average molecular weight is 443 g/mol. The first-order valence-electron chi connectivity index (χ1n) is 10.7. The Hall–Kier alpha value is -3.29. The van der Waals surface area contributed by atoms with E-state index in [0.29, 0.717) is 19.5 Å². The van der Waals surface area contributed by atoms with Crippen LogP contribution >= 0.6 is 0 Å². The van der Waals surface area contributed by atoms with Crippen LogP contribution in [0.2, 0.25) is 0 Å². The topological polar surface area (TPSA) is 78.5 Å². The molecule has 3 amide bonds. The first-order valence-corrected chi connectivity index (χ1v) is 10.7. The van der Waals surface area contributed by atoms with Gasteiger partial charge in [0.1, 0.15) is 17.7 Å². The number of rotatable bonds is 7. The number of carbonyl (C=O) groups excluding carboxylic acids is 3. The van der Waals surface area contributed by atoms with E-state index in [-0.39, 0.29) is 30.4 Å². The highest BCUT2D eigenvalue weighted by molar-refractivity contribution is 5.88. The lowest BCUT2D eigenvalue weighted by molar-refractivity contribution is -0.132. The lowest BCUT2D eigenvalue weighted by Crippen LogP contribution is -2.49. The molecular formula is C24H27F2N3O3. The van der Waals surface area contributed by atoms with Gasteiger partial charge in [0, 0.05) is 31.6 Å². The Balaban J connectivity index is 1.49. The molecule has 1 heterocycles. The lowest BCUT2D eigenvalue weighted by atomic mass is 10.1. The maximum Gasteiger partial charge on any atom is 0.242 e. The summed E-state index contributed by atoms with van der Waals surface area (Å²) in [5.41, 5.74) is 1.23. The van der Waals surface area contributed by atoms with Crippen LogP contribution in [-0.4, -0.2) is 41.2 Å². The average Bonchev–Trinajstić information content (AvgIpc) is 2.88. The zero-order valence-corrected chi connectivity index (χ0v) is 17.9. The summed E-state index contributed by atoms with van der Waals surface area (Å²) in [5, 5.41) is 5.37. The predicted octanol–water partition coefficient (Wildman–Crippen LogP) is 2.71. The molecule has 2 aromatic carbocycles. The second-order valence-corrected chi connectivity index (χ2v) is 8.10. The van der Waals surface area contributed by atoms with Crippen molar-refractivity contribution in [3.63, 3.8) is 0 Å². The summed E-state index contributed by atoms with van der Waals surface area (Å²) in [5.74, 6) is -2.49. The minimum absolute atomic E-state index is 0.0264. The van der Waals surface area contributed by atoms with Crippen molar-refractivity contribution in [2.45, 2.75) is 51.2 Å². The zero-order chi connectivity index (χ0) is 23.1. The van der Waals surface area contributed by atoms with E-state index in [1.54, 1.807) is 4.90 Å². The molecule has 2 aromatic rings. The van der Waals surface area contributed by atoms with Crippen molar-refractivity contribution in [3.05, 3.63) is 71.3 Å². The lowest BCUT2D eigenvalue weighted by Gasteiger charge is -2.22. The predicted molar refractivity (Wildman–Crippen MR) is 115 cm³/mol. The summed E-state index contributed by atoms with van der Waals surface area (Å²) >= 11 is 0. The van der Waals surface area contributed by atoms with Crippen LogP contribution in [0.4, 0.5) is 8.78 Å². The first kappa shape index (κ1) is 23.4. The second-order valence-electron chi connectivity index (χ2n) is 8.10. The summed E-state index contributed by atoms with van der Waals surface area (Å²) in [4.78, 5) is 39.2. The van der Waals surface area contributed by atoms with Crippen molar-refractivity contribution in [2.75, 3.05) is 6.54 Å². The summed E-state index contributed by atoms with van der Waals surface area (Å²) in [7, 11) is 0. The number of halogens is 2. The molecule has 1 aliphatic rings. The number of likely N-dealkylation sites (tertiary alicyclic amines) is 1. The van der Waals surface area contributed by atoms with Crippen molar-refractivity contribution < 1.29 is 23.2 Å². The molecule has 0 radical (unpaired) electrons. The minimum atomic E-state index is -0.848. The van der Waals surface area contributed by atoms with Crippen LogP contribution in [0.5, 0.6) is 0 Å². The van der Waals surface area contributed by atoms with Crippen LogP contribution in [-0.2, 0) is 27.3 Å². The number of hydrogen-bond acceptors (Lipinski definition) is 3. The molecule has 8 heteroatoms. The molecule has 170 valence electrons. The van der Waals surface area contributed by atoms with Gasteiger partial charge < -0.3 is 15.5 Å². The largest absolute Gasteiger partial charge is 0.351 e. The van der Waals surface area contributed by atoms with Gasteiger partial charge in [-0.25, -0.2) is 8.78 Å². The van der Waals surface area contributed by atoms with Crippen molar-refractivity contribution >= 4 is 17.7 Å². The van der Waals surface area contributed by atoms with Gasteiger partial charge in [-0.1, -0.05) is 30.3 Å². The third-order valence-corrected chi connectivity index (χ3v) is 5.37. The molecule has 0 bridgehead atoms. The van der Waals surface area contributed by atoms with Gasteiger partial charge in [0.2, 0.25) is 17.7 Å². The van der Waals surface area contributed by atoms with E-state index >= 15 is 0 Å². The molecule has 1 fully saturated rings. The van der Waals surface area contributed by atoms with Gasteiger partial charge in [-0.2, -0.15) is 0 Å². The first-order chi connectivity index (χ1) is 15.3. The van der Waals surface area contributed by atoms with Crippen LogP contribution in [0.3, 0.4) is 0 Å². The van der Waals surface area contributed by atoms with Crippen molar-refractivity contribution in [1.29, 1.82) is 0 Å². The number of nitrogens with zero attached hydrogens (tertiary/aromatic N) is 1. The second kappa shape index (κ2) is 10.8. The maximum atomic E-state index is 13.3. The van der Waals surface area contributed by atoms with Crippen LogP contribution in [0, 0.1) is 11.6 Å². The molecule has 1 saturated heterocycles. The van der Waals surface area contributed by atoms with Crippen LogP contribution in [0.15, 0.2) is 48.5 Å². The van der Waals surface area contributed by atoms with Crippen molar-refractivity contribution in [1.82, 2.24) is 15.5 Å². The highest BCUT2D eigenvalue weighted by Gasteiger charge is 2.26. The van der Waals surface area contributed by atoms with Gasteiger partial charge in [-0.05, 0) is 43.0 Å². The fourth-order valence-corrected chi connectivity index (χ4v) is 3.77. The molecule has 0 aromatic heterocycles. The standard InChI is InChI=1S/C24H27F2N3O3/c1-16(27-22(30)12-18-10-19(25)13-20(26)11-18)24(32)28-21-8-5-9-29(23(31)14-21)15-17-6-3-2-4-7-17/h2-4,6-7,10-11,13,16,21H,5,8-9,12,14-15H2,1H3,(H,27,30)(H,28,32)/t16-,21?/m0/s1. The van der Waals surface area contributed by atoms with Crippen molar-refractivity contribution in [2.24, 2.45) is 0 Å². The minimum Gasteiger partial charge on any atom is -0.351 e. The Morgan fingerprint density at radius 3 is 2.47 bits per heavy atom. The van der Waals surface area contributed by atoms with Crippen molar-refractivity contribution in [3.8, 4) is 0 Å². The highest BCUT2D eigenvalue weighted by atomic mass is 19.1. The van der Waals surface area contributed by atoms with E-state index < -0.39 is 29.5 Å². The summed E-state index contributed by atoms with van der Waals surface area (Å²) < 4.78 is 26.6. The van der Waals surface area contributed by atoms with E-state index in [4.69, 9.17) is 0 Å². The number of hydrogen-bond donors (Lipinski definition) is 2. The Kier molecular flexibility index (Phi) is 7.92. The Morgan fingerprint density at radius 1 is 1.09 bits per heavy atom. The molecule has 0 spiro atoms. The Bertz CT molecular complexity index is 948. The third kappa shape index (κ3) is 6.87. The smallest absolute Gasteiger partial charge is 0.242 e. The SMILES string of the molecule is C[C@H](NC(=O)Cc1cc(F)cc(F)c1)C(=O)NC1CCCN(Cc2ccccc2)C(=O)C1. The van der Waals surface area contributed by atoms with Crippen LogP contribution in [0.1, 0.15) is 37.3 Å². The summed E-state index contributed by atoms with van der Waals surface area (Å²) in [6.45, 7) is 2.68. The fourth-order valence-electron chi connectivity index (χ4n) is 3.77. The van der Waals surface area contributed by atoms with Crippen LogP contribution in [0.25, 0.3) is 0 Å². The van der Waals surface area contributed by atoms with E-state index in [1.807, 2.05) is 30.3 Å². The van der Waals surface area contributed by atoms with Gasteiger partial charge in [0.15, 0.2) is 0 Å². The quantitative estimate of drug-likeness (QED) is 0.691. The molecule has 6 nitrogen and oxygen atoms in total. The van der Waals surface area contributed by atoms with E-state index in [0.717, 1.165) is 30.2 Å². The van der Waals surface area contributed by atoms with Gasteiger partial charge in [0.25, 0.3) is 0 Å². The van der Waals surface area contributed by atoms with Gasteiger partial charge in [0.05, 0.1) is 6.42 Å². The van der Waals surface area contributed by atoms with Gasteiger partial charge >= 0.3 is 0 Å². The molecule has 0 saturated carbocycles. The molecule has 3 rings (SSSR count). The van der Waals surface area contributed by atoms with Gasteiger partial charge in [-0.3, -0.25) is 14.4 Å². The maximum absolute atomic E-state index is 13.3. The molecule has 2 N–H and O–H groups in total.